The van der Waals surface area contributed by atoms with Crippen LogP contribution in [0, 0.1) is 11.3 Å². The van der Waals surface area contributed by atoms with Crippen LogP contribution in [-0.4, -0.2) is 11.8 Å². The number of rotatable bonds is 0. The Morgan fingerprint density at radius 3 is 3.06 bits per heavy atom. The van der Waals surface area contributed by atoms with Gasteiger partial charge in [0.15, 0.2) is 0 Å². The molecule has 1 aliphatic heterocycles. The Balaban J connectivity index is 1.96. The lowest BCUT2D eigenvalue weighted by Crippen LogP contribution is -2.37. The first-order valence-electron chi connectivity index (χ1n) is 5.63. The number of benzene rings is 1. The van der Waals surface area contributed by atoms with E-state index in [1.807, 2.05) is 18.2 Å². The van der Waals surface area contributed by atoms with Gasteiger partial charge in [0, 0.05) is 23.1 Å². The number of hydrogen-bond acceptors (Lipinski definition) is 3. The van der Waals surface area contributed by atoms with E-state index < -0.39 is 0 Å². The Bertz CT molecular complexity index is 476. The lowest BCUT2D eigenvalue weighted by molar-refractivity contribution is 0.488. The Kier molecular flexibility index (Phi) is 1.99. The highest BCUT2D eigenvalue weighted by Crippen LogP contribution is 2.33. The van der Waals surface area contributed by atoms with Gasteiger partial charge in [0.2, 0.25) is 0 Å². The second kappa shape index (κ2) is 3.37. The Hall–Kier alpha value is -1.77. The average Bonchev–Trinajstić information content (AvgIpc) is 2.26. The zero-order valence-electron chi connectivity index (χ0n) is 9.03. The Morgan fingerprint density at radius 1 is 1.31 bits per heavy atom. The third-order valence-corrected chi connectivity index (χ3v) is 3.43. The second-order valence-corrected chi connectivity index (χ2v) is 4.64. The zero-order valence-corrected chi connectivity index (χ0v) is 9.03. The molecule has 3 nitrogen and oxygen atoms in total. The molecule has 1 aliphatic carbocycles. The van der Waals surface area contributed by atoms with Crippen LogP contribution in [0.2, 0.25) is 0 Å². The molecule has 0 aromatic heterocycles. The summed E-state index contributed by atoms with van der Waals surface area (Å²) in [5.74, 6) is 0.506. The highest BCUT2D eigenvalue weighted by atomic mass is 14.9. The molecule has 2 unspecified atom stereocenters. The first-order chi connectivity index (χ1) is 7.72. The van der Waals surface area contributed by atoms with Crippen molar-refractivity contribution in [2.24, 2.45) is 5.92 Å². The van der Waals surface area contributed by atoms with Crippen molar-refractivity contribution in [3.05, 3.63) is 35.9 Å². The van der Waals surface area contributed by atoms with Crippen molar-refractivity contribution in [2.75, 3.05) is 11.1 Å². The molecule has 0 radical (unpaired) electrons. The van der Waals surface area contributed by atoms with Crippen molar-refractivity contribution in [1.29, 1.82) is 5.41 Å². The van der Waals surface area contributed by atoms with Crippen LogP contribution in [0.4, 0.5) is 11.4 Å². The number of anilines is 2. The van der Waals surface area contributed by atoms with Crippen molar-refractivity contribution in [2.45, 2.75) is 18.9 Å². The maximum absolute atomic E-state index is 7.70. The molecule has 3 rings (SSSR count). The van der Waals surface area contributed by atoms with Gasteiger partial charge in [-0.05, 0) is 48.6 Å². The topological polar surface area (TPSA) is 61.9 Å². The summed E-state index contributed by atoms with van der Waals surface area (Å²) >= 11 is 0. The third kappa shape index (κ3) is 1.48. The smallest absolute Gasteiger partial charge is 0.0483 e. The second-order valence-electron chi connectivity index (χ2n) is 4.64. The summed E-state index contributed by atoms with van der Waals surface area (Å²) in [5, 5.41) is 11.2. The van der Waals surface area contributed by atoms with Gasteiger partial charge in [0.05, 0.1) is 0 Å². The summed E-state index contributed by atoms with van der Waals surface area (Å²) in [4.78, 5) is 0. The summed E-state index contributed by atoms with van der Waals surface area (Å²) in [7, 11) is 0. The van der Waals surface area contributed by atoms with Crippen LogP contribution in [0.1, 0.15) is 12.0 Å². The molecule has 3 heteroatoms. The first kappa shape index (κ1) is 9.46. The fraction of sp³-hybridized carbons (Fsp3) is 0.308. The molecule has 0 saturated carbocycles. The minimum absolute atomic E-state index is 0.380. The van der Waals surface area contributed by atoms with Gasteiger partial charge in [-0.2, -0.15) is 0 Å². The molecule has 0 bridgehead atoms. The summed E-state index contributed by atoms with van der Waals surface area (Å²) in [6.45, 7) is 0. The van der Waals surface area contributed by atoms with Crippen LogP contribution < -0.4 is 11.1 Å². The minimum atomic E-state index is 0.380. The maximum atomic E-state index is 7.70. The van der Waals surface area contributed by atoms with E-state index in [2.05, 4.69) is 17.5 Å². The van der Waals surface area contributed by atoms with Crippen LogP contribution in [0.15, 0.2) is 30.4 Å². The van der Waals surface area contributed by atoms with Crippen LogP contribution >= 0.6 is 0 Å². The van der Waals surface area contributed by atoms with E-state index in [-0.39, 0.29) is 0 Å². The van der Waals surface area contributed by atoms with Gasteiger partial charge in [-0.1, -0.05) is 6.08 Å². The molecule has 82 valence electrons. The van der Waals surface area contributed by atoms with Gasteiger partial charge in [-0.3, -0.25) is 0 Å². The number of nitrogens with one attached hydrogen (secondary N) is 2. The van der Waals surface area contributed by atoms with E-state index in [1.165, 1.54) is 11.3 Å². The predicted molar refractivity (Wildman–Crippen MR) is 66.9 cm³/mol. The third-order valence-electron chi connectivity index (χ3n) is 3.43. The van der Waals surface area contributed by atoms with Crippen molar-refractivity contribution < 1.29 is 0 Å². The maximum Gasteiger partial charge on any atom is 0.0483 e. The molecule has 2 aliphatic rings. The highest BCUT2D eigenvalue weighted by molar-refractivity contribution is 5.93. The van der Waals surface area contributed by atoms with E-state index in [4.69, 9.17) is 11.1 Å². The fourth-order valence-corrected chi connectivity index (χ4v) is 2.60. The summed E-state index contributed by atoms with van der Waals surface area (Å²) in [5.41, 5.74) is 9.82. The first-order valence-corrected chi connectivity index (χ1v) is 5.63. The van der Waals surface area contributed by atoms with Crippen molar-refractivity contribution >= 4 is 17.1 Å². The molecular formula is C13H15N3. The van der Waals surface area contributed by atoms with E-state index in [0.29, 0.717) is 12.0 Å². The molecule has 16 heavy (non-hydrogen) atoms. The summed E-state index contributed by atoms with van der Waals surface area (Å²) in [6, 6.07) is 6.40. The van der Waals surface area contributed by atoms with E-state index in [1.54, 1.807) is 0 Å². The summed E-state index contributed by atoms with van der Waals surface area (Å²) in [6.07, 6.45) is 5.90. The number of fused-ring (bicyclic) bond motifs is 2. The highest BCUT2D eigenvalue weighted by Gasteiger charge is 2.29. The van der Waals surface area contributed by atoms with Gasteiger partial charge < -0.3 is 16.5 Å². The molecule has 0 amide bonds. The average molecular weight is 213 g/mol. The molecule has 2 atom stereocenters. The Labute approximate surface area is 94.9 Å². The van der Waals surface area contributed by atoms with Gasteiger partial charge in [-0.15, -0.1) is 0 Å². The van der Waals surface area contributed by atoms with Crippen LogP contribution in [-0.2, 0) is 6.42 Å². The molecule has 4 N–H and O–H groups in total. The lowest BCUT2D eigenvalue weighted by atomic mass is 9.80. The van der Waals surface area contributed by atoms with Crippen molar-refractivity contribution in [1.82, 2.24) is 0 Å². The van der Waals surface area contributed by atoms with Gasteiger partial charge in [0.25, 0.3) is 0 Å². The number of nitrogens with two attached hydrogens (primary N) is 1. The zero-order chi connectivity index (χ0) is 11.1. The largest absolute Gasteiger partial charge is 0.399 e. The van der Waals surface area contributed by atoms with E-state index in [0.717, 1.165) is 24.2 Å². The number of hydrogen-bond donors (Lipinski definition) is 3. The van der Waals surface area contributed by atoms with Crippen LogP contribution in [0.3, 0.4) is 0 Å². The molecule has 1 heterocycles. The molecule has 0 spiro atoms. The van der Waals surface area contributed by atoms with Gasteiger partial charge in [-0.25, -0.2) is 0 Å². The molecule has 1 aromatic rings. The summed E-state index contributed by atoms with van der Waals surface area (Å²) < 4.78 is 0. The van der Waals surface area contributed by atoms with Gasteiger partial charge >= 0.3 is 0 Å². The standard InChI is InChI=1S/C13H15N3/c14-10-1-3-12-8(6-10)5-9-7-11(15)2-4-13(9)16-12/h1-4,6,9,13,15-16H,5,7,14H2. The normalized spacial score (nSPS) is 26.9. The van der Waals surface area contributed by atoms with Crippen LogP contribution in [0.5, 0.6) is 0 Å². The number of nitrogen functional groups attached to an aromatic ring is 1. The van der Waals surface area contributed by atoms with Crippen LogP contribution in [0.25, 0.3) is 0 Å². The van der Waals surface area contributed by atoms with Crippen molar-refractivity contribution in [3.8, 4) is 0 Å². The molecule has 1 aromatic carbocycles. The lowest BCUT2D eigenvalue weighted by Gasteiger charge is -2.35. The van der Waals surface area contributed by atoms with Crippen molar-refractivity contribution in [3.63, 3.8) is 0 Å². The molecule has 0 saturated heterocycles. The molecular weight excluding hydrogens is 198 g/mol. The predicted octanol–water partition coefficient (Wildman–Crippen LogP) is 2.20. The quantitative estimate of drug-likeness (QED) is 0.578. The monoisotopic (exact) mass is 213 g/mol. The SMILES string of the molecule is N=C1C=CC2Nc3ccc(N)cc3CC2C1. The Morgan fingerprint density at radius 2 is 2.19 bits per heavy atom. The fourth-order valence-electron chi connectivity index (χ4n) is 2.60. The molecule has 0 fully saturated rings. The van der Waals surface area contributed by atoms with Gasteiger partial charge in [0.1, 0.15) is 0 Å². The van der Waals surface area contributed by atoms with E-state index in [9.17, 15) is 0 Å². The number of allylic oxidation sites excluding steroid dienone is 1. The minimum Gasteiger partial charge on any atom is -0.399 e. The van der Waals surface area contributed by atoms with E-state index >= 15 is 0 Å².